The molecular formula is C54H62N8O8. The number of aromatic amines is 2. The second kappa shape index (κ2) is 19.0. The Morgan fingerprint density at radius 1 is 0.700 bits per heavy atom. The quantitative estimate of drug-likeness (QED) is 0.0760. The van der Waals surface area contributed by atoms with Gasteiger partial charge in [-0.1, -0.05) is 50.2 Å². The molecule has 3 saturated heterocycles. The number of ether oxygens (including phenoxy) is 4. The Labute approximate surface area is 406 Å². The monoisotopic (exact) mass is 950 g/mol. The zero-order valence-corrected chi connectivity index (χ0v) is 40.2. The van der Waals surface area contributed by atoms with Crippen molar-refractivity contribution >= 4 is 56.8 Å². The molecule has 2 saturated carbocycles. The van der Waals surface area contributed by atoms with E-state index in [1.54, 1.807) is 0 Å². The van der Waals surface area contributed by atoms with E-state index in [1.165, 1.54) is 14.2 Å². The lowest BCUT2D eigenvalue weighted by atomic mass is 9.90. The maximum Gasteiger partial charge on any atom is 0.407 e. The van der Waals surface area contributed by atoms with Gasteiger partial charge in [0.2, 0.25) is 11.8 Å². The Bertz CT molecular complexity index is 2960. The van der Waals surface area contributed by atoms with Crippen molar-refractivity contribution in [2.24, 2.45) is 35.5 Å². The lowest BCUT2D eigenvalue weighted by Gasteiger charge is -2.35. The predicted octanol–water partition coefficient (Wildman–Crippen LogP) is 7.82. The van der Waals surface area contributed by atoms with Crippen molar-refractivity contribution in [3.63, 3.8) is 0 Å². The third-order valence-electron chi connectivity index (χ3n) is 16.3. The summed E-state index contributed by atoms with van der Waals surface area (Å²) in [6.45, 7) is 6.64. The van der Waals surface area contributed by atoms with E-state index >= 15 is 0 Å². The highest BCUT2D eigenvalue weighted by Crippen LogP contribution is 2.58. The normalized spacial score (nSPS) is 25.3. The molecule has 6 aromatic rings. The first-order valence-electron chi connectivity index (χ1n) is 25.0. The highest BCUT2D eigenvalue weighted by molar-refractivity contribution is 5.93. The molecule has 0 bridgehead atoms. The van der Waals surface area contributed by atoms with Crippen LogP contribution in [0.15, 0.2) is 72.8 Å². The highest BCUT2D eigenvalue weighted by atomic mass is 16.5. The molecule has 4 aromatic carbocycles. The number of rotatable bonds is 13. The number of piperidine rings is 1. The number of carbonyl (C=O) groups is 4. The number of carbonyl (C=O) groups excluding carboxylic acids is 4. The van der Waals surface area contributed by atoms with Gasteiger partial charge >= 0.3 is 12.2 Å². The molecule has 16 nitrogen and oxygen atoms in total. The van der Waals surface area contributed by atoms with E-state index < -0.39 is 24.3 Å². The predicted molar refractivity (Wildman–Crippen MR) is 263 cm³/mol. The number of aromatic nitrogens is 4. The van der Waals surface area contributed by atoms with Crippen LogP contribution in [-0.4, -0.2) is 114 Å². The van der Waals surface area contributed by atoms with Gasteiger partial charge in [0.05, 0.1) is 42.3 Å². The van der Waals surface area contributed by atoms with Gasteiger partial charge in [-0.25, -0.2) is 19.6 Å². The largest absolute Gasteiger partial charge is 0.453 e. The fraction of sp³-hybridized carbons (Fsp3) is 0.481. The van der Waals surface area contributed by atoms with Crippen molar-refractivity contribution in [2.45, 2.75) is 89.0 Å². The summed E-state index contributed by atoms with van der Waals surface area (Å²) < 4.78 is 20.9. The molecule has 16 heteroatoms. The van der Waals surface area contributed by atoms with Crippen LogP contribution in [0.3, 0.4) is 0 Å². The first-order chi connectivity index (χ1) is 34.0. The van der Waals surface area contributed by atoms with Crippen molar-refractivity contribution in [3.8, 4) is 22.3 Å². The van der Waals surface area contributed by atoms with Crippen molar-refractivity contribution < 1.29 is 38.1 Å². The molecule has 2 aromatic heterocycles. The Morgan fingerprint density at radius 2 is 1.24 bits per heavy atom. The number of nitrogens with one attached hydrogen (secondary N) is 5. The summed E-state index contributed by atoms with van der Waals surface area (Å²) in [6.07, 6.45) is 4.09. The second-order valence-electron chi connectivity index (χ2n) is 20.3. The molecule has 0 unspecified atom stereocenters. The van der Waals surface area contributed by atoms with Crippen LogP contribution in [-0.2, 0) is 35.0 Å². The third-order valence-corrected chi connectivity index (χ3v) is 16.3. The molecule has 0 spiro atoms. The van der Waals surface area contributed by atoms with Gasteiger partial charge in [0.1, 0.15) is 23.7 Å². The van der Waals surface area contributed by atoms with Gasteiger partial charge < -0.3 is 49.8 Å². The van der Waals surface area contributed by atoms with E-state index in [4.69, 9.17) is 28.9 Å². The fourth-order valence-electron chi connectivity index (χ4n) is 12.0. The fourth-order valence-corrected chi connectivity index (χ4v) is 12.0. The summed E-state index contributed by atoms with van der Waals surface area (Å²) >= 11 is 0. The number of likely N-dealkylation sites (tertiary alicyclic amines) is 1. The van der Waals surface area contributed by atoms with Gasteiger partial charge in [-0.3, -0.25) is 9.59 Å². The molecule has 5 fully saturated rings. The van der Waals surface area contributed by atoms with Crippen LogP contribution >= 0.6 is 0 Å². The zero-order chi connectivity index (χ0) is 48.2. The van der Waals surface area contributed by atoms with E-state index in [-0.39, 0.29) is 41.8 Å². The van der Waals surface area contributed by atoms with E-state index in [0.717, 1.165) is 86.0 Å². The minimum absolute atomic E-state index is 0.00300. The smallest absolute Gasteiger partial charge is 0.407 e. The number of methoxy groups -OCH3 is 2. The van der Waals surface area contributed by atoms with Crippen molar-refractivity contribution in [1.82, 2.24) is 40.8 Å². The average molecular weight is 951 g/mol. The lowest BCUT2D eigenvalue weighted by molar-refractivity contribution is -0.138. The molecule has 70 heavy (non-hydrogen) atoms. The van der Waals surface area contributed by atoms with Crippen LogP contribution in [0.1, 0.15) is 70.1 Å². The standard InChI is InChI=1S/C54H62N8O8/c1-28-38(46(28)59-51(63)47(60-53(65)67-3)30-15-19-69-20-16-30)11-14-45-55-40-12-9-36(25-42(40)56-45)34-7-5-33-24-35(8-6-32(33)23-34)37-10-13-41-43(26-37)58-50(57-41)44-27-39-29(2)49(39)62(44)52(64)48(61-54(66)68-4)31-17-21-70-22-18-31/h5-10,12-13,23-26,28-31,38-39,44,46-49H,11,14-22,27H2,1-4H3,(H,55,56)(H,57,58)(H,59,63)(H,60,65)(H,61,66)/t28-,29-,38+,39+,44+,46-,47+,48+,49-/m1/s1. The SMILES string of the molecule is COC(=O)N[C@H](C(=O)N[C@@H]1[C@H](C)[C@@H]1CCc1nc2ccc(-c3ccc4cc(-c5ccc6nc([C@@H]7C[C@H]8[C@@H](C)[C@H]8N7C(=O)[C@@H](NC(=O)OC)C7CCOCC7)[nH]c6c5)ccc4c3)cc2[nH]1)C1CCOCC1. The molecule has 366 valence electrons. The first-order valence-corrected chi connectivity index (χ1v) is 25.0. The van der Waals surface area contributed by atoms with Crippen molar-refractivity contribution in [3.05, 3.63) is 84.4 Å². The van der Waals surface area contributed by atoms with Gasteiger partial charge in [-0.2, -0.15) is 0 Å². The lowest BCUT2D eigenvalue weighted by Crippen LogP contribution is -2.54. The molecule has 0 radical (unpaired) electrons. The van der Waals surface area contributed by atoms with Crippen molar-refractivity contribution in [2.75, 3.05) is 40.6 Å². The number of hydrogen-bond donors (Lipinski definition) is 5. The Balaban J connectivity index is 0.748. The highest BCUT2D eigenvalue weighted by Gasteiger charge is 2.62. The molecule has 5 aliphatic rings. The maximum absolute atomic E-state index is 14.5. The number of benzene rings is 4. The summed E-state index contributed by atoms with van der Waals surface area (Å²) in [4.78, 5) is 71.6. The topological polar surface area (TPSA) is 202 Å². The summed E-state index contributed by atoms with van der Waals surface area (Å²) in [7, 11) is 2.64. The van der Waals surface area contributed by atoms with E-state index in [1.807, 2.05) is 11.0 Å². The molecule has 3 aliphatic heterocycles. The van der Waals surface area contributed by atoms with Crippen LogP contribution in [0.5, 0.6) is 0 Å². The van der Waals surface area contributed by atoms with Gasteiger partial charge in [-0.15, -0.1) is 0 Å². The van der Waals surface area contributed by atoms with Crippen LogP contribution in [0.25, 0.3) is 55.1 Å². The maximum atomic E-state index is 14.5. The van der Waals surface area contributed by atoms with E-state index in [9.17, 15) is 19.2 Å². The summed E-state index contributed by atoms with van der Waals surface area (Å²) in [5.74, 6) is 2.89. The number of amides is 4. The Morgan fingerprint density at radius 3 is 1.86 bits per heavy atom. The number of hydrogen-bond acceptors (Lipinski definition) is 10. The first kappa shape index (κ1) is 45.9. The molecule has 2 aliphatic carbocycles. The molecule has 5 heterocycles. The van der Waals surface area contributed by atoms with Gasteiger partial charge in [0.25, 0.3) is 0 Å². The number of fused-ring (bicyclic) bond motifs is 4. The Hall–Kier alpha value is -6.52. The number of aryl methyl sites for hydroxylation is 1. The summed E-state index contributed by atoms with van der Waals surface area (Å²) in [5, 5.41) is 11.1. The molecule has 11 rings (SSSR count). The molecule has 9 atom stereocenters. The van der Waals surface area contributed by atoms with E-state index in [0.29, 0.717) is 75.8 Å². The minimum Gasteiger partial charge on any atom is -0.453 e. The van der Waals surface area contributed by atoms with Gasteiger partial charge in [0, 0.05) is 44.9 Å². The molecule has 4 amide bonds. The van der Waals surface area contributed by atoms with Gasteiger partial charge in [0.15, 0.2) is 0 Å². The van der Waals surface area contributed by atoms with Crippen LogP contribution in [0.2, 0.25) is 0 Å². The third kappa shape index (κ3) is 8.95. The minimum atomic E-state index is -0.687. The van der Waals surface area contributed by atoms with E-state index in [2.05, 4.69) is 106 Å². The number of H-pyrrole nitrogens is 2. The molecule has 5 N–H and O–H groups in total. The zero-order valence-electron chi connectivity index (χ0n) is 40.2. The average Bonchev–Trinajstić information content (AvgIpc) is 3.84. The Kier molecular flexibility index (Phi) is 12.5. The summed E-state index contributed by atoms with van der Waals surface area (Å²) in [6, 6.07) is 24.4. The van der Waals surface area contributed by atoms with Gasteiger partial charge in [-0.05, 0) is 143 Å². The molecular weight excluding hydrogens is 889 g/mol. The number of nitrogens with zero attached hydrogens (tertiary/aromatic N) is 3. The summed E-state index contributed by atoms with van der Waals surface area (Å²) in [5.41, 5.74) is 8.03. The number of alkyl carbamates (subject to hydrolysis) is 2. The van der Waals surface area contributed by atoms with Crippen LogP contribution in [0.4, 0.5) is 9.59 Å². The second-order valence-corrected chi connectivity index (χ2v) is 20.3. The van der Waals surface area contributed by atoms with Crippen LogP contribution in [0, 0.1) is 35.5 Å². The number of imidazole rings is 2. The van der Waals surface area contributed by atoms with Crippen molar-refractivity contribution in [1.29, 1.82) is 0 Å². The van der Waals surface area contributed by atoms with Crippen LogP contribution < -0.4 is 16.0 Å².